The van der Waals surface area contributed by atoms with Crippen LogP contribution in [0.2, 0.25) is 0 Å². The standard InChI is InChI=1S/C25H35N3O3S/c1-15(2)12-31-13-20(29)10-28(16(3)4)11-22-26-24(30)23-21(14-32-25(23)27-22)19-8-7-17(5)18(6)9-19/h7-9,14-16,20,29H,10-13H2,1-6H3,(H,26,27,30). The molecule has 0 fully saturated rings. The van der Waals surface area contributed by atoms with E-state index in [1.807, 2.05) is 5.38 Å². The Balaban J connectivity index is 1.80. The predicted octanol–water partition coefficient (Wildman–Crippen LogP) is 4.51. The van der Waals surface area contributed by atoms with Crippen molar-refractivity contribution in [1.29, 1.82) is 0 Å². The van der Waals surface area contributed by atoms with Crippen LogP contribution in [0.1, 0.15) is 44.6 Å². The molecule has 6 nitrogen and oxygen atoms in total. The zero-order valence-electron chi connectivity index (χ0n) is 19.9. The van der Waals surface area contributed by atoms with Crippen LogP contribution < -0.4 is 5.56 Å². The lowest BCUT2D eigenvalue weighted by molar-refractivity contribution is 0.00129. The van der Waals surface area contributed by atoms with Gasteiger partial charge in [-0.1, -0.05) is 32.0 Å². The molecule has 1 unspecified atom stereocenters. The van der Waals surface area contributed by atoms with Crippen LogP contribution in [0, 0.1) is 19.8 Å². The first kappa shape index (κ1) is 24.6. The highest BCUT2D eigenvalue weighted by Crippen LogP contribution is 2.31. The van der Waals surface area contributed by atoms with Crippen molar-refractivity contribution < 1.29 is 9.84 Å². The summed E-state index contributed by atoms with van der Waals surface area (Å²) in [7, 11) is 0. The highest BCUT2D eigenvalue weighted by atomic mass is 32.1. The van der Waals surface area contributed by atoms with E-state index in [-0.39, 0.29) is 11.6 Å². The summed E-state index contributed by atoms with van der Waals surface area (Å²) in [4.78, 5) is 23.6. The van der Waals surface area contributed by atoms with Gasteiger partial charge < -0.3 is 14.8 Å². The van der Waals surface area contributed by atoms with Crippen LogP contribution in [0.25, 0.3) is 21.3 Å². The Morgan fingerprint density at radius 1 is 1.16 bits per heavy atom. The van der Waals surface area contributed by atoms with E-state index >= 15 is 0 Å². The van der Waals surface area contributed by atoms with Crippen molar-refractivity contribution in [1.82, 2.24) is 14.9 Å². The molecule has 0 spiro atoms. The van der Waals surface area contributed by atoms with Gasteiger partial charge >= 0.3 is 0 Å². The first-order chi connectivity index (χ1) is 15.2. The topological polar surface area (TPSA) is 78.5 Å². The summed E-state index contributed by atoms with van der Waals surface area (Å²) < 4.78 is 5.58. The van der Waals surface area contributed by atoms with Crippen molar-refractivity contribution in [3.8, 4) is 11.1 Å². The highest BCUT2D eigenvalue weighted by Gasteiger charge is 2.19. The molecular formula is C25H35N3O3S. The molecule has 0 radical (unpaired) electrons. The molecule has 1 aromatic carbocycles. The van der Waals surface area contributed by atoms with Gasteiger partial charge in [-0.05, 0) is 50.3 Å². The van der Waals surface area contributed by atoms with Crippen LogP contribution in [0.3, 0.4) is 0 Å². The SMILES string of the molecule is Cc1ccc(-c2csc3nc(CN(CC(O)COCC(C)C)C(C)C)[nH]c(=O)c23)cc1C. The lowest BCUT2D eigenvalue weighted by Crippen LogP contribution is -2.39. The molecule has 0 amide bonds. The van der Waals surface area contributed by atoms with E-state index in [9.17, 15) is 9.90 Å². The number of aliphatic hydroxyl groups excluding tert-OH is 1. The minimum Gasteiger partial charge on any atom is -0.389 e. The van der Waals surface area contributed by atoms with Crippen LogP contribution in [0.5, 0.6) is 0 Å². The molecule has 0 saturated heterocycles. The number of nitrogens with one attached hydrogen (secondary N) is 1. The third-order valence-corrected chi connectivity index (χ3v) is 6.47. The lowest BCUT2D eigenvalue weighted by atomic mass is 10.0. The third kappa shape index (κ3) is 6.04. The zero-order chi connectivity index (χ0) is 23.4. The molecule has 0 aliphatic carbocycles. The second kappa shape index (κ2) is 10.7. The van der Waals surface area contributed by atoms with Gasteiger partial charge in [0.05, 0.1) is 24.6 Å². The van der Waals surface area contributed by atoms with Gasteiger partial charge in [0, 0.05) is 30.1 Å². The summed E-state index contributed by atoms with van der Waals surface area (Å²) in [6.07, 6.45) is -0.593. The van der Waals surface area contributed by atoms with Gasteiger partial charge in [-0.2, -0.15) is 0 Å². The van der Waals surface area contributed by atoms with Gasteiger partial charge in [0.1, 0.15) is 10.7 Å². The number of rotatable bonds is 10. The number of aromatic nitrogens is 2. The molecule has 1 atom stereocenters. The van der Waals surface area contributed by atoms with E-state index < -0.39 is 6.10 Å². The van der Waals surface area contributed by atoms with E-state index in [1.54, 1.807) is 0 Å². The molecular weight excluding hydrogens is 422 g/mol. The smallest absolute Gasteiger partial charge is 0.260 e. The number of ether oxygens (including phenoxy) is 1. The number of fused-ring (bicyclic) bond motifs is 1. The number of H-pyrrole nitrogens is 1. The molecule has 174 valence electrons. The second-order valence-electron chi connectivity index (χ2n) is 9.25. The van der Waals surface area contributed by atoms with Crippen LogP contribution in [-0.4, -0.2) is 51.9 Å². The fraction of sp³-hybridized carbons (Fsp3) is 0.520. The quantitative estimate of drug-likeness (QED) is 0.468. The van der Waals surface area contributed by atoms with Crippen molar-refractivity contribution >= 4 is 21.6 Å². The number of aliphatic hydroxyl groups is 1. The molecule has 0 saturated carbocycles. The zero-order valence-corrected chi connectivity index (χ0v) is 20.8. The van der Waals surface area contributed by atoms with Crippen LogP contribution >= 0.6 is 11.3 Å². The Hall–Kier alpha value is -2.06. The number of nitrogens with zero attached hydrogens (tertiary/aromatic N) is 2. The lowest BCUT2D eigenvalue weighted by Gasteiger charge is -2.28. The number of hydrogen-bond acceptors (Lipinski definition) is 6. The fourth-order valence-electron chi connectivity index (χ4n) is 3.60. The summed E-state index contributed by atoms with van der Waals surface area (Å²) in [5.74, 6) is 1.05. The monoisotopic (exact) mass is 457 g/mol. The summed E-state index contributed by atoms with van der Waals surface area (Å²) in [5, 5.41) is 13.0. The third-order valence-electron chi connectivity index (χ3n) is 5.60. The predicted molar refractivity (Wildman–Crippen MR) is 132 cm³/mol. The van der Waals surface area contributed by atoms with Crippen LogP contribution in [-0.2, 0) is 11.3 Å². The molecule has 32 heavy (non-hydrogen) atoms. The van der Waals surface area contributed by atoms with Crippen molar-refractivity contribution in [3.05, 3.63) is 50.9 Å². The van der Waals surface area contributed by atoms with Gasteiger partial charge in [-0.15, -0.1) is 11.3 Å². The number of thiophene rings is 1. The first-order valence-corrected chi connectivity index (χ1v) is 12.1. The van der Waals surface area contributed by atoms with Gasteiger partial charge in [-0.3, -0.25) is 9.69 Å². The van der Waals surface area contributed by atoms with Crippen molar-refractivity contribution in [3.63, 3.8) is 0 Å². The summed E-state index contributed by atoms with van der Waals surface area (Å²) in [6, 6.07) is 6.44. The Morgan fingerprint density at radius 3 is 2.56 bits per heavy atom. The van der Waals surface area contributed by atoms with Gasteiger partial charge in [0.2, 0.25) is 0 Å². The van der Waals surface area contributed by atoms with Crippen molar-refractivity contribution in [2.24, 2.45) is 5.92 Å². The van der Waals surface area contributed by atoms with Crippen LogP contribution in [0.4, 0.5) is 0 Å². The maximum absolute atomic E-state index is 13.0. The van der Waals surface area contributed by atoms with Gasteiger partial charge in [-0.25, -0.2) is 4.98 Å². The number of hydrogen-bond donors (Lipinski definition) is 2. The highest BCUT2D eigenvalue weighted by molar-refractivity contribution is 7.17. The first-order valence-electron chi connectivity index (χ1n) is 11.2. The number of aryl methyl sites for hydroxylation is 2. The van der Waals surface area contributed by atoms with Crippen molar-refractivity contribution in [2.75, 3.05) is 19.8 Å². The van der Waals surface area contributed by atoms with Gasteiger partial charge in [0.15, 0.2) is 0 Å². The molecule has 2 N–H and O–H groups in total. The Labute approximate surface area is 194 Å². The summed E-state index contributed by atoms with van der Waals surface area (Å²) >= 11 is 1.49. The molecule has 0 aliphatic rings. The molecule has 0 bridgehead atoms. The van der Waals surface area contributed by atoms with E-state index in [0.717, 1.165) is 16.0 Å². The minimum atomic E-state index is -0.593. The molecule has 3 rings (SSSR count). The Kier molecular flexibility index (Phi) is 8.22. The number of aromatic amines is 1. The Bertz CT molecular complexity index is 1100. The summed E-state index contributed by atoms with van der Waals surface area (Å²) in [5.41, 5.74) is 4.27. The normalized spacial score (nSPS) is 13.1. The molecule has 7 heteroatoms. The summed E-state index contributed by atoms with van der Waals surface area (Å²) in [6.45, 7) is 14.3. The molecule has 3 aromatic rings. The minimum absolute atomic E-state index is 0.121. The second-order valence-corrected chi connectivity index (χ2v) is 10.1. The molecule has 0 aliphatic heterocycles. The average molecular weight is 458 g/mol. The maximum atomic E-state index is 13.0. The van der Waals surface area contributed by atoms with Gasteiger partial charge in [0.25, 0.3) is 5.56 Å². The van der Waals surface area contributed by atoms with E-state index in [2.05, 4.69) is 69.6 Å². The van der Waals surface area contributed by atoms with E-state index in [4.69, 9.17) is 9.72 Å². The van der Waals surface area contributed by atoms with E-state index in [0.29, 0.717) is 43.4 Å². The van der Waals surface area contributed by atoms with E-state index in [1.165, 1.54) is 22.5 Å². The largest absolute Gasteiger partial charge is 0.389 e. The Morgan fingerprint density at radius 2 is 1.91 bits per heavy atom. The van der Waals surface area contributed by atoms with Crippen LogP contribution in [0.15, 0.2) is 28.4 Å². The molecule has 2 heterocycles. The van der Waals surface area contributed by atoms with Crippen molar-refractivity contribution in [2.45, 2.75) is 60.2 Å². The number of benzene rings is 1. The average Bonchev–Trinajstić information content (AvgIpc) is 3.13. The molecule has 2 aromatic heterocycles. The fourth-order valence-corrected chi connectivity index (χ4v) is 4.57. The maximum Gasteiger partial charge on any atom is 0.260 e.